The molecular formula is C26H42O6. The van der Waals surface area contributed by atoms with Gasteiger partial charge in [0.05, 0.1) is 17.2 Å². The van der Waals surface area contributed by atoms with E-state index in [4.69, 9.17) is 4.74 Å². The van der Waals surface area contributed by atoms with Gasteiger partial charge in [0, 0.05) is 0 Å². The molecule has 0 unspecified atom stereocenters. The quantitative estimate of drug-likeness (QED) is 0.0923. The van der Waals surface area contributed by atoms with Crippen LogP contribution in [0.3, 0.4) is 0 Å². The van der Waals surface area contributed by atoms with E-state index in [-0.39, 0.29) is 6.61 Å². The Labute approximate surface area is 193 Å². The molecule has 1 rings (SSSR count). The molecule has 0 aliphatic heterocycles. The lowest BCUT2D eigenvalue weighted by Gasteiger charge is -2.05. The van der Waals surface area contributed by atoms with Crippen molar-refractivity contribution in [2.45, 2.75) is 110 Å². The molecule has 6 heteroatoms. The first-order valence-corrected chi connectivity index (χ1v) is 12.5. The van der Waals surface area contributed by atoms with Crippen LogP contribution in [-0.4, -0.2) is 18.7 Å². The van der Waals surface area contributed by atoms with Gasteiger partial charge in [0.2, 0.25) is 0 Å². The number of aryl methyl sites for hydroxylation is 1. The van der Waals surface area contributed by atoms with Crippen LogP contribution in [0.25, 0.3) is 0 Å². The van der Waals surface area contributed by atoms with Gasteiger partial charge in [-0.05, 0) is 37.0 Å². The van der Waals surface area contributed by atoms with E-state index in [0.717, 1.165) is 44.1 Å². The van der Waals surface area contributed by atoms with Crippen molar-refractivity contribution >= 4 is 12.1 Å². The second-order valence-electron chi connectivity index (χ2n) is 8.31. The van der Waals surface area contributed by atoms with Crippen LogP contribution in [0.4, 0.5) is 4.79 Å². The molecule has 0 saturated carbocycles. The molecule has 0 aliphatic carbocycles. The van der Waals surface area contributed by atoms with E-state index < -0.39 is 12.1 Å². The zero-order chi connectivity index (χ0) is 23.3. The molecular weight excluding hydrogens is 408 g/mol. The lowest BCUT2D eigenvalue weighted by Crippen LogP contribution is -2.12. The minimum atomic E-state index is -1.02. The Kier molecular flexibility index (Phi) is 17.1. The molecule has 6 nitrogen and oxygen atoms in total. The Morgan fingerprint density at radius 3 is 1.75 bits per heavy atom. The molecule has 0 atom stereocenters. The standard InChI is InChI=1S/C26H42O6/c1-3-5-7-8-9-10-11-12-13-14-15-16-22-29-26(28)31-32-30-25(27)24-20-18-23(19-21-24)17-6-4-2/h18-21H,3-17,22H2,1-2H3. The van der Waals surface area contributed by atoms with Crippen molar-refractivity contribution in [3.8, 4) is 0 Å². The monoisotopic (exact) mass is 450 g/mol. The largest absolute Gasteiger partial charge is 0.543 e. The van der Waals surface area contributed by atoms with Gasteiger partial charge in [-0.1, -0.05) is 103 Å². The molecule has 0 bridgehead atoms. The summed E-state index contributed by atoms with van der Waals surface area (Å²) in [5.41, 5.74) is 1.47. The van der Waals surface area contributed by atoms with E-state index in [9.17, 15) is 9.59 Å². The van der Waals surface area contributed by atoms with Gasteiger partial charge in [-0.15, -0.1) is 0 Å². The van der Waals surface area contributed by atoms with Gasteiger partial charge in [0.15, 0.2) is 0 Å². The normalized spacial score (nSPS) is 10.7. The van der Waals surface area contributed by atoms with Crippen LogP contribution in [0.5, 0.6) is 0 Å². The molecule has 0 aliphatic rings. The summed E-state index contributed by atoms with van der Waals surface area (Å²) in [6.45, 7) is 4.63. The molecule has 1 aromatic rings. The minimum absolute atomic E-state index is 0.257. The van der Waals surface area contributed by atoms with Crippen molar-refractivity contribution in [3.05, 3.63) is 35.4 Å². The van der Waals surface area contributed by atoms with E-state index in [1.165, 1.54) is 57.8 Å². The van der Waals surface area contributed by atoms with Crippen molar-refractivity contribution in [1.82, 2.24) is 0 Å². The van der Waals surface area contributed by atoms with E-state index in [1.54, 1.807) is 12.1 Å². The number of carbonyl (C=O) groups excluding carboxylic acids is 2. The molecule has 1 aromatic carbocycles. The average Bonchev–Trinajstić information content (AvgIpc) is 2.81. The molecule has 0 N–H and O–H groups in total. The number of carbonyl (C=O) groups is 2. The highest BCUT2D eigenvalue weighted by atomic mass is 17.5. The molecule has 0 fully saturated rings. The van der Waals surface area contributed by atoms with Gasteiger partial charge in [0.1, 0.15) is 0 Å². The van der Waals surface area contributed by atoms with Crippen molar-refractivity contribution in [2.24, 2.45) is 0 Å². The number of ether oxygens (including phenoxy) is 1. The van der Waals surface area contributed by atoms with Crippen LogP contribution >= 0.6 is 0 Å². The van der Waals surface area contributed by atoms with Crippen LogP contribution in [-0.2, 0) is 26.0 Å². The summed E-state index contributed by atoms with van der Waals surface area (Å²) >= 11 is 0. The molecule has 0 radical (unpaired) electrons. The van der Waals surface area contributed by atoms with E-state index in [2.05, 4.69) is 28.7 Å². The summed E-state index contributed by atoms with van der Waals surface area (Å²) in [5.74, 6) is -0.735. The highest BCUT2D eigenvalue weighted by molar-refractivity contribution is 5.88. The second-order valence-corrected chi connectivity index (χ2v) is 8.31. The lowest BCUT2D eigenvalue weighted by atomic mass is 10.1. The number of benzene rings is 1. The van der Waals surface area contributed by atoms with Gasteiger partial charge < -0.3 is 4.74 Å². The van der Waals surface area contributed by atoms with E-state index in [0.29, 0.717) is 5.56 Å². The average molecular weight is 451 g/mol. The highest BCUT2D eigenvalue weighted by Gasteiger charge is 2.12. The molecule has 0 heterocycles. The Morgan fingerprint density at radius 2 is 1.19 bits per heavy atom. The maximum Gasteiger partial charge on any atom is 0.543 e. The first-order valence-electron chi connectivity index (χ1n) is 12.5. The van der Waals surface area contributed by atoms with Crippen LogP contribution in [0.15, 0.2) is 24.3 Å². The predicted molar refractivity (Wildman–Crippen MR) is 125 cm³/mol. The second kappa shape index (κ2) is 19.6. The molecule has 0 aromatic heterocycles. The number of hydrogen-bond donors (Lipinski definition) is 0. The van der Waals surface area contributed by atoms with Gasteiger partial charge in [-0.3, -0.25) is 4.89 Å². The zero-order valence-corrected chi connectivity index (χ0v) is 20.1. The minimum Gasteiger partial charge on any atom is -0.432 e. The van der Waals surface area contributed by atoms with Gasteiger partial charge in [0.25, 0.3) is 0 Å². The van der Waals surface area contributed by atoms with Gasteiger partial charge in [-0.25, -0.2) is 14.5 Å². The first-order chi connectivity index (χ1) is 15.7. The van der Waals surface area contributed by atoms with Crippen molar-refractivity contribution < 1.29 is 29.1 Å². The summed E-state index contributed by atoms with van der Waals surface area (Å²) in [6, 6.07) is 7.05. The number of hydrogen-bond acceptors (Lipinski definition) is 6. The topological polar surface area (TPSA) is 71.1 Å². The maximum atomic E-state index is 11.9. The third-order valence-corrected chi connectivity index (χ3v) is 5.44. The fraction of sp³-hybridized carbons (Fsp3) is 0.692. The zero-order valence-electron chi connectivity index (χ0n) is 20.1. The highest BCUT2D eigenvalue weighted by Crippen LogP contribution is 2.12. The fourth-order valence-corrected chi connectivity index (χ4v) is 3.43. The fourth-order valence-electron chi connectivity index (χ4n) is 3.43. The van der Waals surface area contributed by atoms with Crippen LogP contribution < -0.4 is 0 Å². The van der Waals surface area contributed by atoms with E-state index >= 15 is 0 Å². The molecule has 32 heavy (non-hydrogen) atoms. The molecule has 182 valence electrons. The summed E-state index contributed by atoms with van der Waals surface area (Å²) in [6.07, 6.45) is 17.0. The predicted octanol–water partition coefficient (Wildman–Crippen LogP) is 7.89. The Balaban J connectivity index is 1.94. The summed E-state index contributed by atoms with van der Waals surface area (Å²) in [4.78, 5) is 32.1. The van der Waals surface area contributed by atoms with Crippen molar-refractivity contribution in [3.63, 3.8) is 0 Å². The Bertz CT molecular complexity index is 599. The first kappa shape index (κ1) is 28.0. The van der Waals surface area contributed by atoms with Gasteiger partial charge in [-0.2, -0.15) is 0 Å². The Hall–Kier alpha value is -2.08. The summed E-state index contributed by atoms with van der Waals surface area (Å²) in [5, 5.41) is 4.25. The lowest BCUT2D eigenvalue weighted by molar-refractivity contribution is -0.452. The third kappa shape index (κ3) is 14.8. The van der Waals surface area contributed by atoms with E-state index in [1.807, 2.05) is 12.1 Å². The molecule has 0 saturated heterocycles. The van der Waals surface area contributed by atoms with Crippen molar-refractivity contribution in [2.75, 3.05) is 6.61 Å². The van der Waals surface area contributed by atoms with Crippen LogP contribution in [0.2, 0.25) is 0 Å². The number of unbranched alkanes of at least 4 members (excludes halogenated alkanes) is 12. The number of rotatable bonds is 19. The van der Waals surface area contributed by atoms with Crippen LogP contribution in [0, 0.1) is 0 Å². The summed E-state index contributed by atoms with van der Waals surface area (Å²) < 4.78 is 4.90. The smallest absolute Gasteiger partial charge is 0.432 e. The maximum absolute atomic E-state index is 11.9. The molecule has 0 spiro atoms. The van der Waals surface area contributed by atoms with Crippen molar-refractivity contribution in [1.29, 1.82) is 0 Å². The SMILES string of the molecule is CCCCCCCCCCCCCCOC(=O)OOOC(=O)c1ccc(CCCC)cc1. The van der Waals surface area contributed by atoms with Crippen LogP contribution in [0.1, 0.15) is 120 Å². The molecule has 0 amide bonds. The van der Waals surface area contributed by atoms with Gasteiger partial charge >= 0.3 is 12.1 Å². The Morgan fingerprint density at radius 1 is 0.656 bits per heavy atom. The third-order valence-electron chi connectivity index (χ3n) is 5.44. The summed E-state index contributed by atoms with van der Waals surface area (Å²) in [7, 11) is 0.